The molecular formula is C18H24N3O2+. The number of phenolic OH excluding ortho intramolecular Hbond substituents is 1. The van der Waals surface area contributed by atoms with E-state index in [4.69, 9.17) is 4.74 Å². The van der Waals surface area contributed by atoms with Crippen LogP contribution in [0.1, 0.15) is 11.1 Å². The molecule has 0 unspecified atom stereocenters. The van der Waals surface area contributed by atoms with Gasteiger partial charge in [-0.1, -0.05) is 0 Å². The van der Waals surface area contributed by atoms with Crippen LogP contribution < -0.4 is 4.74 Å². The topological polar surface area (TPSA) is 54.2 Å². The molecule has 0 aromatic heterocycles. The summed E-state index contributed by atoms with van der Waals surface area (Å²) in [4.78, 5) is 0. The monoisotopic (exact) mass is 314 g/mol. The number of aryl methyl sites for hydroxylation is 1. The van der Waals surface area contributed by atoms with E-state index < -0.39 is 0 Å². The van der Waals surface area contributed by atoms with Gasteiger partial charge in [0.2, 0.25) is 0 Å². The lowest BCUT2D eigenvalue weighted by Gasteiger charge is -2.24. The van der Waals surface area contributed by atoms with Crippen LogP contribution in [0, 0.1) is 6.92 Å². The SMILES string of the molecule is COc1ccc(N=Nc2cc(C)c(O)c(C[N+](C)(C)C)c2)cc1. The number of hydrogen-bond donors (Lipinski definition) is 1. The van der Waals surface area contributed by atoms with E-state index in [-0.39, 0.29) is 0 Å². The van der Waals surface area contributed by atoms with Crippen molar-refractivity contribution in [3.05, 3.63) is 47.5 Å². The van der Waals surface area contributed by atoms with Gasteiger partial charge < -0.3 is 14.3 Å². The van der Waals surface area contributed by atoms with Gasteiger partial charge in [0.25, 0.3) is 0 Å². The van der Waals surface area contributed by atoms with Gasteiger partial charge in [-0.15, -0.1) is 0 Å². The second kappa shape index (κ2) is 6.79. The Kier molecular flexibility index (Phi) is 5.01. The molecule has 2 aromatic rings. The van der Waals surface area contributed by atoms with Gasteiger partial charge in [-0.25, -0.2) is 0 Å². The molecule has 0 aliphatic carbocycles. The van der Waals surface area contributed by atoms with Gasteiger partial charge >= 0.3 is 0 Å². The van der Waals surface area contributed by atoms with E-state index in [9.17, 15) is 5.11 Å². The fraction of sp³-hybridized carbons (Fsp3) is 0.333. The van der Waals surface area contributed by atoms with Crippen LogP contribution >= 0.6 is 0 Å². The molecular weight excluding hydrogens is 290 g/mol. The maximum Gasteiger partial charge on any atom is 0.127 e. The predicted octanol–water partition coefficient (Wildman–Crippen LogP) is 4.33. The number of ether oxygens (including phenoxy) is 1. The number of rotatable bonds is 5. The van der Waals surface area contributed by atoms with Gasteiger partial charge in [-0.3, -0.25) is 0 Å². The van der Waals surface area contributed by atoms with Gasteiger partial charge in [-0.05, 0) is 48.9 Å². The molecule has 0 aliphatic rings. The summed E-state index contributed by atoms with van der Waals surface area (Å²) in [5.74, 6) is 1.12. The Bertz CT molecular complexity index is 701. The maximum absolute atomic E-state index is 10.2. The van der Waals surface area contributed by atoms with Crippen molar-refractivity contribution in [1.29, 1.82) is 0 Å². The van der Waals surface area contributed by atoms with Crippen molar-refractivity contribution in [3.8, 4) is 11.5 Å². The largest absolute Gasteiger partial charge is 0.507 e. The van der Waals surface area contributed by atoms with Crippen LogP contribution in [0.5, 0.6) is 11.5 Å². The van der Waals surface area contributed by atoms with E-state index in [0.29, 0.717) is 5.75 Å². The minimum Gasteiger partial charge on any atom is -0.507 e. The Morgan fingerprint density at radius 1 is 1.00 bits per heavy atom. The van der Waals surface area contributed by atoms with Crippen LogP contribution in [0.15, 0.2) is 46.6 Å². The molecule has 1 N–H and O–H groups in total. The van der Waals surface area contributed by atoms with Crippen molar-refractivity contribution in [3.63, 3.8) is 0 Å². The first-order chi connectivity index (χ1) is 10.8. The first-order valence-electron chi connectivity index (χ1n) is 7.47. The Hall–Kier alpha value is -2.40. The number of nitrogens with zero attached hydrogens (tertiary/aromatic N) is 3. The summed E-state index contributed by atoms with van der Waals surface area (Å²) < 4.78 is 5.85. The number of hydrogen-bond acceptors (Lipinski definition) is 4. The molecule has 0 bridgehead atoms. The van der Waals surface area contributed by atoms with Crippen LogP contribution in [-0.4, -0.2) is 37.8 Å². The van der Waals surface area contributed by atoms with Crippen molar-refractivity contribution < 1.29 is 14.3 Å². The third kappa shape index (κ3) is 4.79. The van der Waals surface area contributed by atoms with Crippen LogP contribution in [-0.2, 0) is 6.54 Å². The summed E-state index contributed by atoms with van der Waals surface area (Å²) >= 11 is 0. The van der Waals surface area contributed by atoms with Crippen LogP contribution in [0.3, 0.4) is 0 Å². The Balaban J connectivity index is 2.26. The zero-order valence-corrected chi connectivity index (χ0v) is 14.4. The Morgan fingerprint density at radius 3 is 2.17 bits per heavy atom. The standard InChI is InChI=1S/C18H23N3O2/c1-13-10-16(11-14(18(13)22)12-21(2,3)4)20-19-15-6-8-17(23-5)9-7-15/h6-11H,12H2,1-5H3/p+1. The van der Waals surface area contributed by atoms with Crippen LogP contribution in [0.2, 0.25) is 0 Å². The highest BCUT2D eigenvalue weighted by Crippen LogP contribution is 2.30. The highest BCUT2D eigenvalue weighted by atomic mass is 16.5. The minimum absolute atomic E-state index is 0.335. The lowest BCUT2D eigenvalue weighted by atomic mass is 10.1. The average molecular weight is 314 g/mol. The number of phenols is 1. The molecule has 0 atom stereocenters. The van der Waals surface area contributed by atoms with E-state index in [1.165, 1.54) is 0 Å². The van der Waals surface area contributed by atoms with Crippen LogP contribution in [0.4, 0.5) is 11.4 Å². The molecule has 2 aromatic carbocycles. The summed E-state index contributed by atoms with van der Waals surface area (Å²) in [5.41, 5.74) is 3.17. The lowest BCUT2D eigenvalue weighted by molar-refractivity contribution is -0.884. The van der Waals surface area contributed by atoms with Crippen LogP contribution in [0.25, 0.3) is 0 Å². The minimum atomic E-state index is 0.335. The number of methoxy groups -OCH3 is 1. The molecule has 5 nitrogen and oxygen atoms in total. The van der Waals surface area contributed by atoms with E-state index in [1.807, 2.05) is 43.3 Å². The molecule has 122 valence electrons. The van der Waals surface area contributed by atoms with E-state index in [2.05, 4.69) is 31.4 Å². The van der Waals surface area contributed by atoms with Gasteiger partial charge in [0.15, 0.2) is 0 Å². The average Bonchev–Trinajstić information content (AvgIpc) is 2.49. The molecule has 0 fully saturated rings. The fourth-order valence-corrected chi connectivity index (χ4v) is 2.29. The summed E-state index contributed by atoms with van der Waals surface area (Å²) in [7, 11) is 7.88. The number of aromatic hydroxyl groups is 1. The molecule has 0 spiro atoms. The summed E-state index contributed by atoms with van der Waals surface area (Å²) in [6.45, 7) is 2.60. The summed E-state index contributed by atoms with van der Waals surface area (Å²) in [6.07, 6.45) is 0. The van der Waals surface area contributed by atoms with E-state index >= 15 is 0 Å². The molecule has 0 saturated carbocycles. The third-order valence-corrected chi connectivity index (χ3v) is 3.36. The number of quaternary nitrogens is 1. The summed E-state index contributed by atoms with van der Waals surface area (Å²) in [6, 6.07) is 11.1. The number of benzene rings is 2. The second-order valence-corrected chi connectivity index (χ2v) is 6.62. The van der Waals surface area contributed by atoms with Gasteiger partial charge in [0.1, 0.15) is 18.0 Å². The van der Waals surface area contributed by atoms with E-state index in [0.717, 1.165) is 39.3 Å². The quantitative estimate of drug-likeness (QED) is 0.659. The normalized spacial score (nSPS) is 11.9. The third-order valence-electron chi connectivity index (χ3n) is 3.36. The molecule has 0 amide bonds. The van der Waals surface area contributed by atoms with Crippen molar-refractivity contribution in [2.24, 2.45) is 10.2 Å². The first-order valence-corrected chi connectivity index (χ1v) is 7.47. The van der Waals surface area contributed by atoms with Crippen molar-refractivity contribution in [2.75, 3.05) is 28.3 Å². The summed E-state index contributed by atoms with van der Waals surface area (Å²) in [5, 5.41) is 18.8. The lowest BCUT2D eigenvalue weighted by Crippen LogP contribution is -2.33. The zero-order chi connectivity index (χ0) is 17.0. The molecule has 0 radical (unpaired) electrons. The highest BCUT2D eigenvalue weighted by molar-refractivity contribution is 5.52. The van der Waals surface area contributed by atoms with E-state index in [1.54, 1.807) is 7.11 Å². The second-order valence-electron chi connectivity index (χ2n) is 6.62. The van der Waals surface area contributed by atoms with Gasteiger partial charge in [0, 0.05) is 0 Å². The van der Waals surface area contributed by atoms with Crippen molar-refractivity contribution in [1.82, 2.24) is 0 Å². The zero-order valence-electron chi connectivity index (χ0n) is 14.4. The van der Waals surface area contributed by atoms with Gasteiger partial charge in [-0.2, -0.15) is 10.2 Å². The molecule has 0 aliphatic heterocycles. The Labute approximate surface area is 137 Å². The predicted molar refractivity (Wildman–Crippen MR) is 91.8 cm³/mol. The molecule has 2 rings (SSSR count). The fourth-order valence-electron chi connectivity index (χ4n) is 2.29. The van der Waals surface area contributed by atoms with Crippen molar-refractivity contribution >= 4 is 11.4 Å². The molecule has 0 heterocycles. The molecule has 5 heteroatoms. The first kappa shape index (κ1) is 17.0. The molecule has 23 heavy (non-hydrogen) atoms. The smallest absolute Gasteiger partial charge is 0.127 e. The Morgan fingerprint density at radius 2 is 1.61 bits per heavy atom. The van der Waals surface area contributed by atoms with Gasteiger partial charge in [0.05, 0.1) is 45.2 Å². The maximum atomic E-state index is 10.2. The number of azo groups is 1. The van der Waals surface area contributed by atoms with Crippen molar-refractivity contribution in [2.45, 2.75) is 13.5 Å². The highest BCUT2D eigenvalue weighted by Gasteiger charge is 2.15. The molecule has 0 saturated heterocycles.